The summed E-state index contributed by atoms with van der Waals surface area (Å²) in [5.41, 5.74) is 0. The van der Waals surface area contributed by atoms with Crippen molar-refractivity contribution in [1.82, 2.24) is 0 Å². The molecule has 6 N–H and O–H groups in total. The van der Waals surface area contributed by atoms with Crippen molar-refractivity contribution in [2.24, 2.45) is 11.8 Å². The maximum Gasteiger partial charge on any atom is -0.219 e. The Kier molecular flexibility index (Phi) is 859. The van der Waals surface area contributed by atoms with Crippen LogP contribution in [0.4, 0.5) is 0 Å². The average molecular weight is 66.1 g/mol. The maximum atomic E-state index is 6.50. The van der Waals surface area contributed by atoms with Gasteiger partial charge in [-0.15, -0.1) is 0 Å². The molecule has 0 amide bonds. The molecule has 0 spiro atoms. The summed E-state index contributed by atoms with van der Waals surface area (Å²) in [7, 11) is 0. The van der Waals surface area contributed by atoms with Crippen LogP contribution in [-0.4, -0.2) is 10.4 Å². The van der Waals surface area contributed by atoms with Crippen molar-refractivity contribution >= 4 is 0 Å². The van der Waals surface area contributed by atoms with Crippen LogP contribution in [0.25, 0.3) is 0 Å². The van der Waals surface area contributed by atoms with Crippen LogP contribution in [0.1, 0.15) is 0 Å². The van der Waals surface area contributed by atoms with Gasteiger partial charge in [-0.25, -0.2) is 11.8 Å². The van der Waals surface area contributed by atoms with Crippen LogP contribution < -0.4 is 11.8 Å². The third-order valence-corrected chi connectivity index (χ3v) is 0. The van der Waals surface area contributed by atoms with Gasteiger partial charge in [0.1, 0.15) is 0 Å². The number of hydrogen-bond donors (Lipinski definition) is 4. The second-order valence-corrected chi connectivity index (χ2v) is 0. The Hall–Kier alpha value is -0.160. The van der Waals surface area contributed by atoms with Gasteiger partial charge in [-0.1, -0.05) is 0 Å². The normalized spacial score (nSPS) is 3.00. The minimum Gasteiger partial charge on any atom is -0.320 e. The molecule has 0 radical (unpaired) electrons. The monoisotopic (exact) mass is 66.0 g/mol. The molecule has 0 aliphatic heterocycles. The Morgan fingerprint density at radius 3 is 0.750 bits per heavy atom. The third kappa shape index (κ3) is 50.7. The quantitative estimate of drug-likeness (QED) is 0.263. The van der Waals surface area contributed by atoms with Gasteiger partial charge in [-0.2, -0.15) is 0 Å². The first-order valence-corrected chi connectivity index (χ1v) is 0.516. The van der Waals surface area contributed by atoms with Crippen molar-refractivity contribution in [1.29, 1.82) is 0 Å². The zero-order chi connectivity index (χ0) is 4.00. The maximum absolute atomic E-state index is 6.50. The van der Waals surface area contributed by atoms with Crippen molar-refractivity contribution in [3.05, 3.63) is 0 Å². The van der Waals surface area contributed by atoms with Gasteiger partial charge in [0.05, 0.1) is 0 Å². The number of nitrogens with two attached hydrogens (primary N) is 2. The van der Waals surface area contributed by atoms with Crippen molar-refractivity contribution in [3.8, 4) is 0 Å². The van der Waals surface area contributed by atoms with Gasteiger partial charge in [0, 0.05) is 0 Å². The van der Waals surface area contributed by atoms with Crippen molar-refractivity contribution in [3.63, 3.8) is 0 Å². The van der Waals surface area contributed by atoms with Gasteiger partial charge in [-0.05, 0) is 0 Å². The highest BCUT2D eigenvalue weighted by atomic mass is 16.4. The predicted molar refractivity (Wildman–Crippen MR) is 11.9 cm³/mol. The first kappa shape index (κ1) is 9.15. The van der Waals surface area contributed by atoms with E-state index in [9.17, 15) is 0 Å². The minimum absolute atomic E-state index is 3.50. The second kappa shape index (κ2) is 376. The molecule has 0 aromatic carbocycles. The van der Waals surface area contributed by atoms with E-state index >= 15 is 0 Å². The SMILES string of the molecule is NO.NO. The lowest BCUT2D eigenvalue weighted by atomic mass is 13.6. The van der Waals surface area contributed by atoms with E-state index in [1.807, 2.05) is 0 Å². The molecule has 0 aromatic rings. The molecule has 0 aliphatic carbocycles. The van der Waals surface area contributed by atoms with Gasteiger partial charge in [0.2, 0.25) is 0 Å². The largest absolute Gasteiger partial charge is 0.320 e. The highest BCUT2D eigenvalue weighted by Gasteiger charge is 0.734. The summed E-state index contributed by atoms with van der Waals surface area (Å²) < 4.78 is 0. The molecule has 0 saturated heterocycles. The van der Waals surface area contributed by atoms with E-state index in [1.54, 1.807) is 0 Å². The van der Waals surface area contributed by atoms with Crippen molar-refractivity contribution in [2.45, 2.75) is 0 Å². The average Bonchev–Trinajstić information content (AvgIpc) is 1.50. The second-order valence-electron chi connectivity index (χ2n) is 0. The lowest BCUT2D eigenvalue weighted by molar-refractivity contribution is 0.311. The molecule has 0 saturated carbocycles. The number of rotatable bonds is 0. The Morgan fingerprint density at radius 1 is 0.750 bits per heavy atom. The van der Waals surface area contributed by atoms with Crippen LogP contribution in [0.2, 0.25) is 0 Å². The molecular formula is H6N2O2. The van der Waals surface area contributed by atoms with E-state index in [0.29, 0.717) is 0 Å². The summed E-state index contributed by atoms with van der Waals surface area (Å²) in [6.45, 7) is 0. The molecule has 4 heavy (non-hydrogen) atoms. The summed E-state index contributed by atoms with van der Waals surface area (Å²) >= 11 is 0. The molecule has 0 fully saturated rings. The first-order valence-electron chi connectivity index (χ1n) is 0.516. The van der Waals surface area contributed by atoms with Gasteiger partial charge < -0.3 is 10.4 Å². The van der Waals surface area contributed by atoms with Crippen LogP contribution in [0.15, 0.2) is 0 Å². The molecule has 28 valence electrons. The van der Waals surface area contributed by atoms with Gasteiger partial charge >= 0.3 is 0 Å². The Bertz CT molecular complexity index is 4.00. The minimum atomic E-state index is 3.50. The Morgan fingerprint density at radius 2 is 0.750 bits per heavy atom. The van der Waals surface area contributed by atoms with E-state index in [1.165, 1.54) is 0 Å². The van der Waals surface area contributed by atoms with E-state index < -0.39 is 0 Å². The standard InChI is InChI=1S/2H3NO/c2*1-2/h2*2H,1H2. The molecule has 0 rings (SSSR count). The summed E-state index contributed by atoms with van der Waals surface area (Å²) in [5, 5.41) is 13.0. The summed E-state index contributed by atoms with van der Waals surface area (Å²) in [5.74, 6) is 7.00. The van der Waals surface area contributed by atoms with Gasteiger partial charge in [0.15, 0.2) is 0 Å². The van der Waals surface area contributed by atoms with Gasteiger partial charge in [-0.3, -0.25) is 0 Å². The molecule has 0 unspecified atom stereocenters. The topological polar surface area (TPSA) is 92.5 Å². The summed E-state index contributed by atoms with van der Waals surface area (Å²) in [4.78, 5) is 0. The Labute approximate surface area is 23.6 Å². The van der Waals surface area contributed by atoms with Crippen LogP contribution in [0.5, 0.6) is 0 Å². The third-order valence-electron chi connectivity index (χ3n) is 0. The van der Waals surface area contributed by atoms with Crippen LogP contribution >= 0.6 is 0 Å². The molecule has 0 aromatic heterocycles. The van der Waals surface area contributed by atoms with Crippen LogP contribution in [0.3, 0.4) is 0 Å². The van der Waals surface area contributed by atoms with Crippen LogP contribution in [0, 0.1) is 0 Å². The summed E-state index contributed by atoms with van der Waals surface area (Å²) in [6.07, 6.45) is 0. The zero-order valence-corrected chi connectivity index (χ0v) is 2.05. The highest BCUT2D eigenvalue weighted by molar-refractivity contribution is 2.78. The Balaban J connectivity index is 0. The van der Waals surface area contributed by atoms with E-state index in [-0.39, 0.29) is 0 Å². The van der Waals surface area contributed by atoms with E-state index in [4.69, 9.17) is 10.4 Å². The lowest BCUT2D eigenvalue weighted by Gasteiger charge is -1.27. The van der Waals surface area contributed by atoms with E-state index in [2.05, 4.69) is 11.8 Å². The molecule has 4 heteroatoms. The molecular weight excluding hydrogens is 60.0 g/mol. The molecule has 0 atom stereocenters. The molecule has 0 aliphatic rings. The zero-order valence-electron chi connectivity index (χ0n) is 2.05. The van der Waals surface area contributed by atoms with Gasteiger partial charge in [0.25, 0.3) is 0 Å². The fourth-order valence-corrected chi connectivity index (χ4v) is 0. The first-order chi connectivity index (χ1) is 2.00. The van der Waals surface area contributed by atoms with Crippen LogP contribution in [-0.2, 0) is 0 Å². The molecule has 0 bridgehead atoms. The lowest BCUT2D eigenvalue weighted by Crippen LogP contribution is -1.72. The summed E-state index contributed by atoms with van der Waals surface area (Å²) in [6, 6.07) is 0. The van der Waals surface area contributed by atoms with Crippen molar-refractivity contribution in [2.75, 3.05) is 0 Å². The predicted octanol–water partition coefficient (Wildman–Crippen LogP) is -1.33. The fourth-order valence-electron chi connectivity index (χ4n) is 0. The smallest absolute Gasteiger partial charge is 0.219 e. The molecule has 4 nitrogen and oxygen atoms in total. The number of hydrogen-bond acceptors (Lipinski definition) is 4. The molecule has 0 heterocycles. The highest BCUT2D eigenvalue weighted by Crippen LogP contribution is 0.412. The van der Waals surface area contributed by atoms with Crippen molar-refractivity contribution < 1.29 is 10.4 Å². The fraction of sp³-hybridized carbons (Fsp3) is 0. The van der Waals surface area contributed by atoms with E-state index in [0.717, 1.165) is 0 Å².